The molecule has 0 bridgehead atoms. The quantitative estimate of drug-likeness (QED) is 0.801. The van der Waals surface area contributed by atoms with E-state index in [4.69, 9.17) is 16.7 Å². The van der Waals surface area contributed by atoms with Crippen LogP contribution in [0.3, 0.4) is 0 Å². The van der Waals surface area contributed by atoms with Crippen molar-refractivity contribution in [3.63, 3.8) is 0 Å². The van der Waals surface area contributed by atoms with Gasteiger partial charge >= 0.3 is 5.97 Å². The number of aromatic nitrogens is 3. The topological polar surface area (TPSA) is 68.0 Å². The number of carbonyl (C=O) groups is 1. The van der Waals surface area contributed by atoms with Crippen molar-refractivity contribution in [2.75, 3.05) is 0 Å². The molecule has 5 nitrogen and oxygen atoms in total. The Kier molecular flexibility index (Phi) is 3.81. The molecule has 22 heavy (non-hydrogen) atoms. The maximum atomic E-state index is 11.0. The number of hydrogen-bond donors (Lipinski definition) is 1. The van der Waals surface area contributed by atoms with Crippen LogP contribution in [0.25, 0.3) is 10.9 Å². The lowest BCUT2D eigenvalue weighted by atomic mass is 10.1. The first-order chi connectivity index (χ1) is 10.6. The second-order valence-electron chi connectivity index (χ2n) is 5.01. The summed E-state index contributed by atoms with van der Waals surface area (Å²) in [6, 6.07) is 7.78. The van der Waals surface area contributed by atoms with Gasteiger partial charge in [0, 0.05) is 30.7 Å². The molecule has 1 aromatic carbocycles. The lowest BCUT2D eigenvalue weighted by Crippen LogP contribution is -2.03. The number of carboxylic acid groups (broad SMARTS) is 1. The predicted molar refractivity (Wildman–Crippen MR) is 84.4 cm³/mol. The number of aryl methyl sites for hydroxylation is 1. The SMILES string of the molecule is CCc1nc(C(=O)O)cn1Cc1ccc2ncc(Cl)cc2c1. The summed E-state index contributed by atoms with van der Waals surface area (Å²) in [4.78, 5) is 19.4. The highest BCUT2D eigenvalue weighted by Gasteiger charge is 2.12. The Labute approximate surface area is 132 Å². The number of pyridine rings is 1. The van der Waals surface area contributed by atoms with Crippen LogP contribution in [0.15, 0.2) is 36.7 Å². The van der Waals surface area contributed by atoms with Gasteiger partial charge < -0.3 is 9.67 Å². The van der Waals surface area contributed by atoms with E-state index in [1.54, 1.807) is 12.4 Å². The van der Waals surface area contributed by atoms with Crippen molar-refractivity contribution >= 4 is 28.5 Å². The summed E-state index contributed by atoms with van der Waals surface area (Å²) in [5, 5.41) is 10.6. The molecular weight excluding hydrogens is 302 g/mol. The zero-order valence-corrected chi connectivity index (χ0v) is 12.7. The Morgan fingerprint density at radius 1 is 1.36 bits per heavy atom. The third-order valence-corrected chi connectivity index (χ3v) is 3.67. The maximum absolute atomic E-state index is 11.0. The van der Waals surface area contributed by atoms with Crippen molar-refractivity contribution in [1.82, 2.24) is 14.5 Å². The molecule has 0 fully saturated rings. The number of fused-ring (bicyclic) bond motifs is 1. The number of imidazole rings is 1. The van der Waals surface area contributed by atoms with E-state index < -0.39 is 5.97 Å². The van der Waals surface area contributed by atoms with Gasteiger partial charge in [-0.1, -0.05) is 24.6 Å². The summed E-state index contributed by atoms with van der Waals surface area (Å²) in [6.07, 6.45) is 3.86. The monoisotopic (exact) mass is 315 g/mol. The van der Waals surface area contributed by atoms with Crippen molar-refractivity contribution < 1.29 is 9.90 Å². The summed E-state index contributed by atoms with van der Waals surface area (Å²) in [6.45, 7) is 2.51. The number of aromatic carboxylic acids is 1. The zero-order chi connectivity index (χ0) is 15.7. The molecule has 0 aliphatic rings. The molecule has 2 aromatic heterocycles. The fourth-order valence-corrected chi connectivity index (χ4v) is 2.59. The Morgan fingerprint density at radius 2 is 2.18 bits per heavy atom. The predicted octanol–water partition coefficient (Wildman–Crippen LogP) is 3.39. The summed E-state index contributed by atoms with van der Waals surface area (Å²) >= 11 is 5.97. The molecule has 3 aromatic rings. The summed E-state index contributed by atoms with van der Waals surface area (Å²) in [5.41, 5.74) is 1.99. The van der Waals surface area contributed by atoms with Gasteiger partial charge in [0.2, 0.25) is 0 Å². The molecule has 0 saturated carbocycles. The Hall–Kier alpha value is -2.40. The molecule has 3 rings (SSSR count). The van der Waals surface area contributed by atoms with Gasteiger partial charge in [-0.3, -0.25) is 4.98 Å². The first kappa shape index (κ1) is 14.5. The summed E-state index contributed by atoms with van der Waals surface area (Å²) < 4.78 is 1.86. The number of carboxylic acids is 1. The third-order valence-electron chi connectivity index (χ3n) is 3.46. The zero-order valence-electron chi connectivity index (χ0n) is 12.0. The van der Waals surface area contributed by atoms with Crippen LogP contribution in [0.4, 0.5) is 0 Å². The molecule has 0 unspecified atom stereocenters. The molecular formula is C16H14ClN3O2. The molecule has 0 atom stereocenters. The van der Waals surface area contributed by atoms with Crippen LogP contribution in [-0.2, 0) is 13.0 Å². The minimum absolute atomic E-state index is 0.0716. The van der Waals surface area contributed by atoms with Gasteiger partial charge in [0.15, 0.2) is 5.69 Å². The molecule has 0 spiro atoms. The van der Waals surface area contributed by atoms with Crippen LogP contribution in [0.1, 0.15) is 28.8 Å². The first-order valence-corrected chi connectivity index (χ1v) is 7.28. The van der Waals surface area contributed by atoms with Gasteiger partial charge in [-0.05, 0) is 23.8 Å². The molecule has 0 aliphatic carbocycles. The summed E-state index contributed by atoms with van der Waals surface area (Å²) in [5.74, 6) is -0.260. The van der Waals surface area contributed by atoms with E-state index in [1.165, 1.54) is 0 Å². The van der Waals surface area contributed by atoms with E-state index in [9.17, 15) is 4.79 Å². The van der Waals surface area contributed by atoms with Crippen LogP contribution < -0.4 is 0 Å². The molecule has 0 radical (unpaired) electrons. The maximum Gasteiger partial charge on any atom is 0.356 e. The van der Waals surface area contributed by atoms with Crippen LogP contribution in [0.5, 0.6) is 0 Å². The fourth-order valence-electron chi connectivity index (χ4n) is 2.43. The average Bonchev–Trinajstić information content (AvgIpc) is 2.90. The van der Waals surface area contributed by atoms with Gasteiger partial charge in [-0.25, -0.2) is 9.78 Å². The van der Waals surface area contributed by atoms with Crippen LogP contribution >= 0.6 is 11.6 Å². The van der Waals surface area contributed by atoms with Gasteiger partial charge in [-0.2, -0.15) is 0 Å². The second kappa shape index (κ2) is 5.77. The van der Waals surface area contributed by atoms with Crippen LogP contribution in [0, 0.1) is 0 Å². The average molecular weight is 316 g/mol. The van der Waals surface area contributed by atoms with Crippen LogP contribution in [0.2, 0.25) is 5.02 Å². The van der Waals surface area contributed by atoms with Gasteiger partial charge in [-0.15, -0.1) is 0 Å². The number of halogens is 1. The number of nitrogens with zero attached hydrogens (tertiary/aromatic N) is 3. The molecule has 1 N–H and O–H groups in total. The van der Waals surface area contributed by atoms with E-state index >= 15 is 0 Å². The standard InChI is InChI=1S/C16H14ClN3O2/c1-2-15-19-14(16(21)22)9-20(15)8-10-3-4-13-11(5-10)6-12(17)7-18-13/h3-7,9H,2,8H2,1H3,(H,21,22). The Morgan fingerprint density at radius 3 is 2.91 bits per heavy atom. The third kappa shape index (κ3) is 2.80. The summed E-state index contributed by atoms with van der Waals surface area (Å²) in [7, 11) is 0. The van der Waals surface area contributed by atoms with Gasteiger partial charge in [0.1, 0.15) is 5.82 Å². The van der Waals surface area contributed by atoms with Gasteiger partial charge in [0.05, 0.1) is 10.5 Å². The van der Waals surface area contributed by atoms with Crippen molar-refractivity contribution in [2.45, 2.75) is 19.9 Å². The smallest absolute Gasteiger partial charge is 0.356 e. The molecule has 0 saturated heterocycles. The number of rotatable bonds is 4. The highest BCUT2D eigenvalue weighted by Crippen LogP contribution is 2.19. The minimum atomic E-state index is -1.01. The Balaban J connectivity index is 1.97. The van der Waals surface area contributed by atoms with Crippen molar-refractivity contribution in [2.24, 2.45) is 0 Å². The minimum Gasteiger partial charge on any atom is -0.476 e. The molecule has 0 amide bonds. The fraction of sp³-hybridized carbons (Fsp3) is 0.188. The van der Waals surface area contributed by atoms with E-state index in [-0.39, 0.29) is 5.69 Å². The lowest BCUT2D eigenvalue weighted by Gasteiger charge is -2.07. The molecule has 6 heteroatoms. The highest BCUT2D eigenvalue weighted by molar-refractivity contribution is 6.31. The molecule has 112 valence electrons. The van der Waals surface area contributed by atoms with E-state index in [0.29, 0.717) is 18.0 Å². The normalized spacial score (nSPS) is 11.0. The van der Waals surface area contributed by atoms with Crippen molar-refractivity contribution in [1.29, 1.82) is 0 Å². The second-order valence-corrected chi connectivity index (χ2v) is 5.45. The lowest BCUT2D eigenvalue weighted by molar-refractivity contribution is 0.0691. The molecule has 2 heterocycles. The van der Waals surface area contributed by atoms with E-state index in [2.05, 4.69) is 9.97 Å². The van der Waals surface area contributed by atoms with E-state index in [0.717, 1.165) is 22.3 Å². The molecule has 0 aliphatic heterocycles. The van der Waals surface area contributed by atoms with Crippen molar-refractivity contribution in [3.8, 4) is 0 Å². The highest BCUT2D eigenvalue weighted by atomic mass is 35.5. The first-order valence-electron chi connectivity index (χ1n) is 6.90. The largest absolute Gasteiger partial charge is 0.476 e. The van der Waals surface area contributed by atoms with Crippen LogP contribution in [-0.4, -0.2) is 25.6 Å². The van der Waals surface area contributed by atoms with E-state index in [1.807, 2.05) is 35.8 Å². The number of benzene rings is 1. The van der Waals surface area contributed by atoms with Gasteiger partial charge in [0.25, 0.3) is 0 Å². The number of hydrogen-bond acceptors (Lipinski definition) is 3. The van der Waals surface area contributed by atoms with Crippen molar-refractivity contribution in [3.05, 3.63) is 58.8 Å². The Bertz CT molecular complexity index is 858.